The molecule has 3 N–H and O–H groups in total. The summed E-state index contributed by atoms with van der Waals surface area (Å²) in [6, 6.07) is 8.22. The van der Waals surface area contributed by atoms with E-state index in [4.69, 9.17) is 9.47 Å². The molecular formula is C24H38IN3O5. The number of halogens is 1. The van der Waals surface area contributed by atoms with E-state index in [0.29, 0.717) is 39.3 Å². The lowest BCUT2D eigenvalue weighted by atomic mass is 10.1. The summed E-state index contributed by atoms with van der Waals surface area (Å²) >= 11 is 2.28. The molecule has 1 aromatic carbocycles. The van der Waals surface area contributed by atoms with Crippen LogP contribution in [0.25, 0.3) is 0 Å². The van der Waals surface area contributed by atoms with Gasteiger partial charge in [-0.3, -0.25) is 14.4 Å². The number of unbranched alkanes of at least 4 members (excludes halogenated alkanes) is 1. The third kappa shape index (κ3) is 15.8. The van der Waals surface area contributed by atoms with Gasteiger partial charge in [0.2, 0.25) is 11.8 Å². The summed E-state index contributed by atoms with van der Waals surface area (Å²) < 4.78 is 11.9. The van der Waals surface area contributed by atoms with Crippen LogP contribution >= 0.6 is 22.6 Å². The molecule has 0 saturated heterocycles. The maximum Gasteiger partial charge on any atom is 0.245 e. The molecule has 2 amide bonds. The van der Waals surface area contributed by atoms with Gasteiger partial charge in [-0.25, -0.2) is 0 Å². The van der Waals surface area contributed by atoms with Crippen LogP contribution in [0.5, 0.6) is 0 Å². The van der Waals surface area contributed by atoms with Gasteiger partial charge in [0.15, 0.2) is 0 Å². The van der Waals surface area contributed by atoms with Crippen LogP contribution in [0.15, 0.2) is 24.3 Å². The highest BCUT2D eigenvalue weighted by molar-refractivity contribution is 14.1. The van der Waals surface area contributed by atoms with E-state index in [2.05, 4.69) is 62.8 Å². The van der Waals surface area contributed by atoms with Gasteiger partial charge in [-0.1, -0.05) is 12.1 Å². The fourth-order valence-electron chi connectivity index (χ4n) is 3.14. The summed E-state index contributed by atoms with van der Waals surface area (Å²) in [7, 11) is 1.78. The summed E-state index contributed by atoms with van der Waals surface area (Å²) in [5, 5.41) is 8.63. The Labute approximate surface area is 211 Å². The molecule has 8 nitrogen and oxygen atoms in total. The zero-order chi connectivity index (χ0) is 24.3. The number of carbonyl (C=O) groups is 3. The van der Waals surface area contributed by atoms with Gasteiger partial charge in [0.05, 0.1) is 25.9 Å². The van der Waals surface area contributed by atoms with E-state index in [0.717, 1.165) is 32.1 Å². The van der Waals surface area contributed by atoms with Crippen molar-refractivity contribution >= 4 is 40.2 Å². The number of nitrogens with one attached hydrogen (secondary N) is 3. The van der Waals surface area contributed by atoms with E-state index in [1.165, 1.54) is 9.13 Å². The number of hydrogen-bond donors (Lipinski definition) is 3. The molecule has 1 rings (SSSR count). The minimum Gasteiger partial charge on any atom is -0.377 e. The summed E-state index contributed by atoms with van der Waals surface area (Å²) in [4.78, 5) is 34.9. The van der Waals surface area contributed by atoms with Gasteiger partial charge in [-0.15, -0.1) is 0 Å². The monoisotopic (exact) mass is 575 g/mol. The average Bonchev–Trinajstić information content (AvgIpc) is 2.79. The van der Waals surface area contributed by atoms with Crippen molar-refractivity contribution in [3.63, 3.8) is 0 Å². The number of aryl methyl sites for hydroxylation is 1. The molecule has 0 radical (unpaired) electrons. The first-order valence-electron chi connectivity index (χ1n) is 11.5. The van der Waals surface area contributed by atoms with Crippen molar-refractivity contribution in [3.8, 4) is 0 Å². The topological polar surface area (TPSA) is 106 Å². The van der Waals surface area contributed by atoms with Gasteiger partial charge in [0, 0.05) is 23.1 Å². The normalized spacial score (nSPS) is 11.7. The number of rotatable bonds is 19. The minimum absolute atomic E-state index is 0.00670. The van der Waals surface area contributed by atoms with E-state index in [-0.39, 0.29) is 30.2 Å². The Morgan fingerprint density at radius 2 is 1.61 bits per heavy atom. The van der Waals surface area contributed by atoms with Crippen LogP contribution in [0.2, 0.25) is 0 Å². The number of likely N-dealkylation sites (N-methyl/N-ethyl adjacent to an activating group) is 1. The van der Waals surface area contributed by atoms with Crippen LogP contribution < -0.4 is 16.0 Å². The van der Waals surface area contributed by atoms with Gasteiger partial charge in [0.25, 0.3) is 0 Å². The molecule has 0 aliphatic carbocycles. The largest absolute Gasteiger partial charge is 0.377 e. The van der Waals surface area contributed by atoms with Gasteiger partial charge in [0.1, 0.15) is 12.4 Å². The number of ketones is 1. The Balaban J connectivity index is 1.88. The molecule has 0 heterocycles. The van der Waals surface area contributed by atoms with Crippen molar-refractivity contribution in [2.45, 2.75) is 51.5 Å². The van der Waals surface area contributed by atoms with Crippen molar-refractivity contribution in [1.29, 1.82) is 0 Å². The maximum atomic E-state index is 11.8. The number of amides is 2. The second-order valence-corrected chi connectivity index (χ2v) is 9.04. The molecule has 0 aliphatic rings. The van der Waals surface area contributed by atoms with Crippen molar-refractivity contribution in [3.05, 3.63) is 33.4 Å². The van der Waals surface area contributed by atoms with Gasteiger partial charge < -0.3 is 25.4 Å². The van der Waals surface area contributed by atoms with E-state index in [1.54, 1.807) is 14.0 Å². The summed E-state index contributed by atoms with van der Waals surface area (Å²) in [5.74, 6) is -0.00254. The average molecular weight is 575 g/mol. The van der Waals surface area contributed by atoms with E-state index in [9.17, 15) is 14.4 Å². The minimum atomic E-state index is -0.163. The van der Waals surface area contributed by atoms with Crippen molar-refractivity contribution in [2.75, 3.05) is 46.6 Å². The van der Waals surface area contributed by atoms with Crippen LogP contribution in [0.4, 0.5) is 0 Å². The molecule has 186 valence electrons. The zero-order valence-corrected chi connectivity index (χ0v) is 21.9. The molecule has 0 aliphatic heterocycles. The molecule has 0 fully saturated rings. The molecule has 0 saturated carbocycles. The lowest BCUT2D eigenvalue weighted by Gasteiger charge is -2.12. The zero-order valence-electron chi connectivity index (χ0n) is 19.8. The van der Waals surface area contributed by atoms with Crippen LogP contribution in [0, 0.1) is 3.57 Å². The molecule has 0 aromatic heterocycles. The van der Waals surface area contributed by atoms with Gasteiger partial charge >= 0.3 is 0 Å². The van der Waals surface area contributed by atoms with Gasteiger partial charge in [-0.05, 0) is 86.4 Å². The van der Waals surface area contributed by atoms with Crippen LogP contribution in [0.1, 0.15) is 44.6 Å². The molecule has 1 aromatic rings. The Kier molecular flexibility index (Phi) is 16.8. The first-order chi connectivity index (χ1) is 15.9. The molecule has 0 unspecified atom stereocenters. The predicted octanol–water partition coefficient (Wildman–Crippen LogP) is 2.23. The molecule has 0 spiro atoms. The quantitative estimate of drug-likeness (QED) is 0.173. The van der Waals surface area contributed by atoms with Crippen molar-refractivity contribution in [1.82, 2.24) is 16.0 Å². The van der Waals surface area contributed by atoms with Crippen LogP contribution in [0.3, 0.4) is 0 Å². The summed E-state index contributed by atoms with van der Waals surface area (Å²) in [5.41, 5.74) is 1.24. The lowest BCUT2D eigenvalue weighted by molar-refractivity contribution is -0.126. The summed E-state index contributed by atoms with van der Waals surface area (Å²) in [6.07, 6.45) is 4.65. The molecular weight excluding hydrogens is 537 g/mol. The van der Waals surface area contributed by atoms with Crippen LogP contribution in [-0.4, -0.2) is 70.2 Å². The predicted molar refractivity (Wildman–Crippen MR) is 137 cm³/mol. The van der Waals surface area contributed by atoms with Crippen molar-refractivity contribution < 1.29 is 23.9 Å². The van der Waals surface area contributed by atoms with Crippen LogP contribution in [-0.2, 0) is 30.3 Å². The molecule has 33 heavy (non-hydrogen) atoms. The third-order valence-electron chi connectivity index (χ3n) is 5.04. The number of carbonyl (C=O) groups excluding carboxylic acids is 3. The van der Waals surface area contributed by atoms with Crippen molar-refractivity contribution in [2.24, 2.45) is 0 Å². The molecule has 1 atom stereocenters. The number of Topliss-reactive ketones (excluding diaryl/α,β-unsaturated/α-hetero) is 1. The SMILES string of the molecule is CN[C@@H](CCCCNC(=O)COCCOCCNC(=O)CCCc1ccc(I)cc1)C(C)=O. The maximum absolute atomic E-state index is 11.8. The number of ether oxygens (including phenoxy) is 2. The standard InChI is InChI=1S/C24H38IN3O5/c1-19(29)22(26-2)7-3-4-13-27-24(31)18-33-17-16-32-15-14-28-23(30)8-5-6-20-9-11-21(25)12-10-20/h9-12,22,26H,3-8,13-18H2,1-2H3,(H,27,31)(H,28,30)/t22-/m0/s1. The molecule has 9 heteroatoms. The second kappa shape index (κ2) is 18.8. The van der Waals surface area contributed by atoms with E-state index < -0.39 is 0 Å². The third-order valence-corrected chi connectivity index (χ3v) is 5.76. The smallest absolute Gasteiger partial charge is 0.245 e. The lowest BCUT2D eigenvalue weighted by Crippen LogP contribution is -2.33. The highest BCUT2D eigenvalue weighted by Crippen LogP contribution is 2.09. The summed E-state index contributed by atoms with van der Waals surface area (Å²) in [6.45, 7) is 3.69. The number of hydrogen-bond acceptors (Lipinski definition) is 6. The Morgan fingerprint density at radius 3 is 2.30 bits per heavy atom. The second-order valence-electron chi connectivity index (χ2n) is 7.79. The number of benzene rings is 1. The first-order valence-corrected chi connectivity index (χ1v) is 12.6. The Morgan fingerprint density at radius 1 is 0.909 bits per heavy atom. The highest BCUT2D eigenvalue weighted by atomic mass is 127. The van der Waals surface area contributed by atoms with E-state index >= 15 is 0 Å². The first kappa shape index (κ1) is 29.5. The highest BCUT2D eigenvalue weighted by Gasteiger charge is 2.10. The van der Waals surface area contributed by atoms with Gasteiger partial charge in [-0.2, -0.15) is 0 Å². The fourth-order valence-corrected chi connectivity index (χ4v) is 3.50. The Bertz CT molecular complexity index is 700. The molecule has 0 bridgehead atoms. The van der Waals surface area contributed by atoms with E-state index in [1.807, 2.05) is 0 Å². The fraction of sp³-hybridized carbons (Fsp3) is 0.625. The Hall–Kier alpha value is -1.56.